The highest BCUT2D eigenvalue weighted by Gasteiger charge is 2.43. The van der Waals surface area contributed by atoms with Crippen LogP contribution in [0.2, 0.25) is 0 Å². The molecule has 1 heterocycles. The molecular weight excluding hydrogens is 302 g/mol. The Morgan fingerprint density at radius 1 is 1.39 bits per heavy atom. The normalized spacial score (nSPS) is 17.3. The van der Waals surface area contributed by atoms with E-state index in [-0.39, 0.29) is 0 Å². The van der Waals surface area contributed by atoms with Crippen LogP contribution in [-0.4, -0.2) is 43.9 Å². The molecule has 1 atom stereocenters. The third-order valence-electron chi connectivity index (χ3n) is 3.00. The molecule has 120 valence electrons. The van der Waals surface area contributed by atoms with Gasteiger partial charge in [0.1, 0.15) is 6.61 Å². The Balaban J connectivity index is 2.11. The summed E-state index contributed by atoms with van der Waals surface area (Å²) < 4.78 is 4.48. The Hall–Kier alpha value is -3.16. The smallest absolute Gasteiger partial charge is 0.338 e. The number of amides is 3. The fourth-order valence-electron chi connectivity index (χ4n) is 1.90. The molecular formula is C15H15N3O5. The molecule has 0 bridgehead atoms. The number of carbonyl (C=O) groups excluding carboxylic acids is 3. The topological polar surface area (TPSA) is 97.3 Å². The second kappa shape index (κ2) is 7.21. The minimum Gasteiger partial charge on any atom is -0.467 e. The third-order valence-corrected chi connectivity index (χ3v) is 3.00. The van der Waals surface area contributed by atoms with Gasteiger partial charge in [0.05, 0.1) is 19.0 Å². The number of anilines is 1. The van der Waals surface area contributed by atoms with Crippen molar-refractivity contribution in [3.8, 4) is 0 Å². The van der Waals surface area contributed by atoms with Crippen molar-refractivity contribution >= 4 is 29.8 Å². The molecule has 1 aliphatic rings. The number of ether oxygens (including phenoxy) is 1. The van der Waals surface area contributed by atoms with E-state index in [1.807, 2.05) is 0 Å². The number of urea groups is 1. The van der Waals surface area contributed by atoms with Crippen LogP contribution in [-0.2, 0) is 19.2 Å². The molecule has 0 spiro atoms. The third kappa shape index (κ3) is 3.54. The predicted molar refractivity (Wildman–Crippen MR) is 82.0 cm³/mol. The maximum absolute atomic E-state index is 12.1. The summed E-state index contributed by atoms with van der Waals surface area (Å²) in [6.45, 7) is 3.79. The van der Waals surface area contributed by atoms with Crippen LogP contribution in [0.3, 0.4) is 0 Å². The van der Waals surface area contributed by atoms with Gasteiger partial charge < -0.3 is 14.9 Å². The van der Waals surface area contributed by atoms with Gasteiger partial charge in [0, 0.05) is 0 Å². The zero-order valence-electron chi connectivity index (χ0n) is 12.4. The van der Waals surface area contributed by atoms with E-state index in [0.29, 0.717) is 12.3 Å². The molecule has 3 amide bonds. The summed E-state index contributed by atoms with van der Waals surface area (Å²) in [7, 11) is 1.15. The van der Waals surface area contributed by atoms with Crippen LogP contribution in [0.4, 0.5) is 10.5 Å². The molecule has 0 aliphatic carbocycles. The molecule has 0 radical (unpaired) electrons. The predicted octanol–water partition coefficient (Wildman–Crippen LogP) is 0.821. The van der Waals surface area contributed by atoms with Crippen molar-refractivity contribution in [3.05, 3.63) is 42.5 Å². The molecule has 1 N–H and O–H groups in total. The summed E-state index contributed by atoms with van der Waals surface area (Å²) in [5, 5.41) is 5.99. The zero-order chi connectivity index (χ0) is 16.8. The monoisotopic (exact) mass is 317 g/mol. The van der Waals surface area contributed by atoms with Crippen molar-refractivity contribution in [1.29, 1.82) is 0 Å². The molecule has 23 heavy (non-hydrogen) atoms. The quantitative estimate of drug-likeness (QED) is 0.159. The van der Waals surface area contributed by atoms with Crippen molar-refractivity contribution in [1.82, 2.24) is 5.32 Å². The SMILES string of the molecule is C=CCON=Cc1ccc(N2C(=O)NC(C(=O)OC)C2=O)cc1. The fraction of sp³-hybridized carbons (Fsp3) is 0.200. The standard InChI is InChI=1S/C15H15N3O5/c1-3-8-23-16-9-10-4-6-11(7-5-10)18-13(19)12(14(20)22-2)17-15(18)21/h3-7,9,12H,1,8H2,2H3,(H,17,21). The summed E-state index contributed by atoms with van der Waals surface area (Å²) >= 11 is 0. The van der Waals surface area contributed by atoms with Crippen LogP contribution in [0.5, 0.6) is 0 Å². The number of methoxy groups -OCH3 is 1. The molecule has 8 nitrogen and oxygen atoms in total. The molecule has 1 saturated heterocycles. The number of imide groups is 1. The Bertz CT molecular complexity index is 654. The van der Waals surface area contributed by atoms with Crippen molar-refractivity contribution in [2.45, 2.75) is 6.04 Å². The number of rotatable bonds is 6. The van der Waals surface area contributed by atoms with Crippen LogP contribution < -0.4 is 10.2 Å². The summed E-state index contributed by atoms with van der Waals surface area (Å²) in [6, 6.07) is 4.43. The van der Waals surface area contributed by atoms with Gasteiger partial charge in [0.15, 0.2) is 0 Å². The number of nitrogens with zero attached hydrogens (tertiary/aromatic N) is 2. The van der Waals surface area contributed by atoms with Gasteiger partial charge in [0.25, 0.3) is 5.91 Å². The first-order valence-electron chi connectivity index (χ1n) is 6.67. The van der Waals surface area contributed by atoms with Crippen LogP contribution >= 0.6 is 0 Å². The van der Waals surface area contributed by atoms with E-state index in [2.05, 4.69) is 21.8 Å². The average molecular weight is 317 g/mol. The molecule has 1 fully saturated rings. The van der Waals surface area contributed by atoms with Crippen molar-refractivity contribution in [3.63, 3.8) is 0 Å². The highest BCUT2D eigenvalue weighted by Crippen LogP contribution is 2.20. The van der Waals surface area contributed by atoms with Gasteiger partial charge in [-0.1, -0.05) is 29.9 Å². The van der Waals surface area contributed by atoms with E-state index in [4.69, 9.17) is 4.84 Å². The first-order valence-corrected chi connectivity index (χ1v) is 6.67. The van der Waals surface area contributed by atoms with Crippen molar-refractivity contribution < 1.29 is 24.0 Å². The highest BCUT2D eigenvalue weighted by atomic mass is 16.6. The molecule has 1 aliphatic heterocycles. The van der Waals surface area contributed by atoms with E-state index in [1.165, 1.54) is 6.21 Å². The second-order valence-corrected chi connectivity index (χ2v) is 4.49. The number of hydrogen-bond donors (Lipinski definition) is 1. The minimum absolute atomic E-state index is 0.298. The fourth-order valence-corrected chi connectivity index (χ4v) is 1.90. The van der Waals surface area contributed by atoms with Crippen LogP contribution in [0.1, 0.15) is 5.56 Å². The molecule has 8 heteroatoms. The second-order valence-electron chi connectivity index (χ2n) is 4.49. The van der Waals surface area contributed by atoms with E-state index in [0.717, 1.165) is 17.6 Å². The number of nitrogens with one attached hydrogen (secondary N) is 1. The van der Waals surface area contributed by atoms with Crippen molar-refractivity contribution in [2.75, 3.05) is 18.6 Å². The maximum Gasteiger partial charge on any atom is 0.338 e. The van der Waals surface area contributed by atoms with Crippen LogP contribution in [0, 0.1) is 0 Å². The van der Waals surface area contributed by atoms with Crippen LogP contribution in [0.25, 0.3) is 0 Å². The highest BCUT2D eigenvalue weighted by molar-refractivity contribution is 6.27. The Kier molecular flexibility index (Phi) is 5.08. The van der Waals surface area contributed by atoms with Gasteiger partial charge in [-0.05, 0) is 17.7 Å². The Morgan fingerprint density at radius 2 is 2.09 bits per heavy atom. The largest absolute Gasteiger partial charge is 0.467 e. The number of oxime groups is 1. The number of benzene rings is 1. The molecule has 0 aromatic heterocycles. The van der Waals surface area contributed by atoms with Gasteiger partial charge in [-0.25, -0.2) is 14.5 Å². The first-order chi connectivity index (χ1) is 11.1. The lowest BCUT2D eigenvalue weighted by molar-refractivity contribution is -0.145. The maximum atomic E-state index is 12.1. The lowest BCUT2D eigenvalue weighted by Crippen LogP contribution is -2.38. The van der Waals surface area contributed by atoms with Gasteiger partial charge in [0.2, 0.25) is 6.04 Å². The number of hydrogen-bond acceptors (Lipinski definition) is 6. The molecule has 0 saturated carbocycles. The van der Waals surface area contributed by atoms with Crippen LogP contribution in [0.15, 0.2) is 42.1 Å². The summed E-state index contributed by atoms with van der Waals surface area (Å²) in [4.78, 5) is 41.2. The van der Waals surface area contributed by atoms with Gasteiger partial charge in [-0.3, -0.25) is 4.79 Å². The number of carbonyl (C=O) groups is 3. The first kappa shape index (κ1) is 16.2. The van der Waals surface area contributed by atoms with E-state index in [9.17, 15) is 14.4 Å². The minimum atomic E-state index is -1.32. The average Bonchev–Trinajstić information content (AvgIpc) is 2.86. The summed E-state index contributed by atoms with van der Waals surface area (Å²) in [5.74, 6) is -1.49. The van der Waals surface area contributed by atoms with Gasteiger partial charge >= 0.3 is 12.0 Å². The molecule has 1 aromatic carbocycles. The Labute approximate surface area is 132 Å². The molecule has 1 aromatic rings. The van der Waals surface area contributed by atoms with Gasteiger partial charge in [-0.15, -0.1) is 0 Å². The van der Waals surface area contributed by atoms with E-state index < -0.39 is 23.9 Å². The number of esters is 1. The van der Waals surface area contributed by atoms with E-state index in [1.54, 1.807) is 30.3 Å². The van der Waals surface area contributed by atoms with E-state index >= 15 is 0 Å². The van der Waals surface area contributed by atoms with Crippen molar-refractivity contribution in [2.24, 2.45) is 5.16 Å². The lowest BCUT2D eigenvalue weighted by atomic mass is 10.2. The Morgan fingerprint density at radius 3 is 2.70 bits per heavy atom. The lowest BCUT2D eigenvalue weighted by Gasteiger charge is -2.12. The van der Waals surface area contributed by atoms with Gasteiger partial charge in [-0.2, -0.15) is 0 Å². The molecule has 1 unspecified atom stereocenters. The summed E-state index contributed by atoms with van der Waals surface area (Å²) in [5.41, 5.74) is 1.05. The summed E-state index contributed by atoms with van der Waals surface area (Å²) in [6.07, 6.45) is 3.05. The zero-order valence-corrected chi connectivity index (χ0v) is 12.4. The molecule has 2 rings (SSSR count).